The molecule has 0 fully saturated rings. The molecule has 13 rings (SSSR count). The number of anilines is 6. The maximum atomic E-state index is 5.63. The highest BCUT2D eigenvalue weighted by molar-refractivity contribution is 6.47. The lowest BCUT2D eigenvalue weighted by atomic mass is 9.87. The van der Waals surface area contributed by atoms with Crippen LogP contribution in [0.25, 0.3) is 86.9 Å². The average Bonchev–Trinajstić information content (AvgIpc) is 3.93. The highest BCUT2D eigenvalue weighted by atomic mass is 16.5. The first-order valence-corrected chi connectivity index (χ1v) is 24.0. The minimum Gasteiger partial charge on any atom is -0.497 e. The predicted molar refractivity (Wildman–Crippen MR) is 297 cm³/mol. The van der Waals surface area contributed by atoms with Crippen LogP contribution in [0.1, 0.15) is 11.1 Å². The topological polar surface area (TPSA) is 24.9 Å². The van der Waals surface area contributed by atoms with E-state index in [9.17, 15) is 0 Å². The van der Waals surface area contributed by atoms with Gasteiger partial charge in [0.05, 0.1) is 25.6 Å². The zero-order valence-corrected chi connectivity index (χ0v) is 39.5. The van der Waals surface area contributed by atoms with Gasteiger partial charge in [0.15, 0.2) is 0 Å². The molecule has 0 radical (unpaired) electrons. The Balaban J connectivity index is 1.17. The van der Waals surface area contributed by atoms with Crippen LogP contribution in [0.4, 0.5) is 34.1 Å². The van der Waals surface area contributed by atoms with Gasteiger partial charge in [0.2, 0.25) is 0 Å². The van der Waals surface area contributed by atoms with Gasteiger partial charge in [-0.25, -0.2) is 0 Å². The molecule has 70 heavy (non-hydrogen) atoms. The second-order valence-corrected chi connectivity index (χ2v) is 18.4. The number of ether oxygens (including phenoxy) is 2. The Morgan fingerprint density at radius 3 is 0.929 bits per heavy atom. The summed E-state index contributed by atoms with van der Waals surface area (Å²) in [5.41, 5.74) is 13.9. The monoisotopic (exact) mass is 900 g/mol. The Bertz CT molecular complexity index is 3730. The smallest absolute Gasteiger partial charge is 0.119 e. The number of rotatable bonds is 10. The average molecular weight is 901 g/mol. The van der Waals surface area contributed by atoms with Crippen LogP contribution in [0.15, 0.2) is 218 Å². The lowest BCUT2D eigenvalue weighted by Crippen LogP contribution is -2.10. The Labute approximate surface area is 407 Å². The normalized spacial score (nSPS) is 11.7. The number of hydrogen-bond donors (Lipinski definition) is 0. The van der Waals surface area contributed by atoms with Gasteiger partial charge < -0.3 is 19.3 Å². The van der Waals surface area contributed by atoms with E-state index in [4.69, 9.17) is 9.47 Å². The number of hydrogen-bond acceptors (Lipinski definition) is 4. The molecule has 0 saturated heterocycles. The number of aryl methyl sites for hydroxylation is 2. The van der Waals surface area contributed by atoms with Gasteiger partial charge in [-0.05, 0) is 175 Å². The first-order valence-electron chi connectivity index (χ1n) is 24.0. The summed E-state index contributed by atoms with van der Waals surface area (Å²) in [4.78, 5) is 4.78. The lowest BCUT2D eigenvalue weighted by Gasteiger charge is -2.27. The molecule has 0 spiro atoms. The van der Waals surface area contributed by atoms with Crippen LogP contribution in [0.5, 0.6) is 11.5 Å². The molecule has 0 aliphatic rings. The summed E-state index contributed by atoms with van der Waals surface area (Å²) < 4.78 is 11.3. The van der Waals surface area contributed by atoms with Gasteiger partial charge in [-0.3, -0.25) is 0 Å². The third-order valence-corrected chi connectivity index (χ3v) is 14.5. The maximum Gasteiger partial charge on any atom is 0.119 e. The van der Waals surface area contributed by atoms with E-state index >= 15 is 0 Å². The summed E-state index contributed by atoms with van der Waals surface area (Å²) in [7, 11) is 3.44. The first-order chi connectivity index (χ1) is 34.5. The van der Waals surface area contributed by atoms with E-state index in [1.165, 1.54) is 98.0 Å². The van der Waals surface area contributed by atoms with Crippen LogP contribution in [0.3, 0.4) is 0 Å². The van der Waals surface area contributed by atoms with E-state index in [0.717, 1.165) is 45.6 Å². The molecule has 4 heteroatoms. The number of nitrogens with zero attached hydrogens (tertiary/aromatic N) is 2. The fourth-order valence-electron chi connectivity index (χ4n) is 11.3. The fraction of sp³-hybridized carbons (Fsp3) is 0.0606. The second kappa shape index (κ2) is 16.4. The molecule has 0 aliphatic carbocycles. The van der Waals surface area contributed by atoms with Crippen LogP contribution >= 0.6 is 0 Å². The van der Waals surface area contributed by atoms with Crippen LogP contribution in [0.2, 0.25) is 0 Å². The predicted octanol–water partition coefficient (Wildman–Crippen LogP) is 18.4. The van der Waals surface area contributed by atoms with Gasteiger partial charge in [0.1, 0.15) is 11.5 Å². The minimum atomic E-state index is 0.827. The number of methoxy groups -OCH3 is 2. The van der Waals surface area contributed by atoms with Crippen molar-refractivity contribution in [3.63, 3.8) is 0 Å². The Morgan fingerprint density at radius 2 is 0.586 bits per heavy atom. The van der Waals surface area contributed by atoms with Crippen molar-refractivity contribution < 1.29 is 9.47 Å². The SMILES string of the molecule is COc1ccc(N(c2ccc(C)cc2)c2ccc3c4c(-c5ccccc5)c5c6cccc7c(N(c8ccc(C)cc8)c8ccc(OC)cc8)ccc(c5c(-c5ccccc5)c4c4cccc2c43)c76)cc1. The summed E-state index contributed by atoms with van der Waals surface area (Å²) in [6.45, 7) is 4.29. The molecule has 4 nitrogen and oxygen atoms in total. The van der Waals surface area contributed by atoms with Crippen LogP contribution < -0.4 is 19.3 Å². The van der Waals surface area contributed by atoms with Crippen molar-refractivity contribution in [2.24, 2.45) is 0 Å². The van der Waals surface area contributed by atoms with E-state index in [-0.39, 0.29) is 0 Å². The molecule has 0 N–H and O–H groups in total. The van der Waals surface area contributed by atoms with Gasteiger partial charge in [-0.15, -0.1) is 0 Å². The first kappa shape index (κ1) is 41.3. The van der Waals surface area contributed by atoms with Crippen LogP contribution in [0, 0.1) is 13.8 Å². The van der Waals surface area contributed by atoms with Gasteiger partial charge in [-0.1, -0.05) is 145 Å². The molecule has 0 unspecified atom stereocenters. The van der Waals surface area contributed by atoms with Crippen molar-refractivity contribution in [3.05, 3.63) is 230 Å². The Hall–Kier alpha value is -8.86. The molecule has 13 aromatic carbocycles. The molecule has 334 valence electrons. The van der Waals surface area contributed by atoms with E-state index in [1.54, 1.807) is 14.2 Å². The highest BCUT2D eigenvalue weighted by Crippen LogP contribution is 2.57. The third-order valence-electron chi connectivity index (χ3n) is 14.5. The van der Waals surface area contributed by atoms with Gasteiger partial charge >= 0.3 is 0 Å². The highest BCUT2D eigenvalue weighted by Gasteiger charge is 2.30. The van der Waals surface area contributed by atoms with Crippen molar-refractivity contribution in [1.82, 2.24) is 0 Å². The van der Waals surface area contributed by atoms with Gasteiger partial charge in [0.25, 0.3) is 0 Å². The summed E-state index contributed by atoms with van der Waals surface area (Å²) in [6, 6.07) is 80.0. The minimum absolute atomic E-state index is 0.827. The Kier molecular flexibility index (Phi) is 9.70. The van der Waals surface area contributed by atoms with Crippen LogP contribution in [-0.2, 0) is 0 Å². The molecule has 0 saturated carbocycles. The molecule has 0 heterocycles. The van der Waals surface area contributed by atoms with Gasteiger partial charge in [0, 0.05) is 33.5 Å². The van der Waals surface area contributed by atoms with Crippen LogP contribution in [-0.4, -0.2) is 14.2 Å². The summed E-state index contributed by atoms with van der Waals surface area (Å²) in [5.74, 6) is 1.65. The third kappa shape index (κ3) is 6.37. The molecule has 13 aromatic rings. The summed E-state index contributed by atoms with van der Waals surface area (Å²) >= 11 is 0. The van der Waals surface area contributed by atoms with Crippen molar-refractivity contribution in [3.8, 4) is 33.8 Å². The molecule has 0 aliphatic heterocycles. The van der Waals surface area contributed by atoms with Crippen molar-refractivity contribution in [1.29, 1.82) is 0 Å². The van der Waals surface area contributed by atoms with Gasteiger partial charge in [-0.2, -0.15) is 0 Å². The molecule has 0 aromatic heterocycles. The van der Waals surface area contributed by atoms with E-state index in [0.29, 0.717) is 0 Å². The standard InChI is InChI=1S/C66H48N2O2/c1-41-21-25-45(26-22-41)67(47-29-33-49(69-3)34-30-47)57-39-37-55-61-51(57)17-11-19-53(61)63-59(43-13-7-5-8-14-43)66-56-38-40-58(68(46-27-23-42(2)24-28-46)48-31-35-50(70-4)36-32-48)52-18-12-20-54(62(52)56)64(66)60(65(55)63)44-15-9-6-10-16-44/h5-40H,1-4H3. The van der Waals surface area contributed by atoms with Crippen molar-refractivity contribution in [2.45, 2.75) is 13.8 Å². The fourth-order valence-corrected chi connectivity index (χ4v) is 11.3. The quantitative estimate of drug-likeness (QED) is 0.137. The summed E-state index contributed by atoms with van der Waals surface area (Å²) in [5, 5.41) is 15.0. The molecular formula is C66H48N2O2. The molecule has 0 amide bonds. The molecule has 0 bridgehead atoms. The van der Waals surface area contributed by atoms with E-state index < -0.39 is 0 Å². The number of fused-ring (bicyclic) bond motifs is 6. The number of benzene rings is 11. The molecular weight excluding hydrogens is 853 g/mol. The van der Waals surface area contributed by atoms with E-state index in [2.05, 4.69) is 218 Å². The van der Waals surface area contributed by atoms with Crippen molar-refractivity contribution in [2.75, 3.05) is 24.0 Å². The largest absolute Gasteiger partial charge is 0.497 e. The second-order valence-electron chi connectivity index (χ2n) is 18.4. The lowest BCUT2D eigenvalue weighted by molar-refractivity contribution is 0.414. The van der Waals surface area contributed by atoms with Crippen molar-refractivity contribution >= 4 is 98.8 Å². The maximum absolute atomic E-state index is 5.63. The molecule has 0 atom stereocenters. The summed E-state index contributed by atoms with van der Waals surface area (Å²) in [6.07, 6.45) is 0. The zero-order valence-electron chi connectivity index (χ0n) is 39.5. The Morgan fingerprint density at radius 1 is 0.271 bits per heavy atom. The zero-order chi connectivity index (χ0) is 47.0. The van der Waals surface area contributed by atoms with E-state index in [1.807, 2.05) is 24.3 Å².